The van der Waals surface area contributed by atoms with Crippen molar-refractivity contribution in [2.24, 2.45) is 5.73 Å². The fraction of sp³-hybridized carbons (Fsp3) is 0.500. The molecule has 0 aliphatic heterocycles. The van der Waals surface area contributed by atoms with Crippen LogP contribution in [0.3, 0.4) is 0 Å². The Morgan fingerprint density at radius 1 is 1.24 bits per heavy atom. The number of rotatable bonds is 7. The lowest BCUT2D eigenvalue weighted by atomic mass is 10.1. The van der Waals surface area contributed by atoms with Gasteiger partial charge in [0.05, 0.1) is 12.4 Å². The van der Waals surface area contributed by atoms with Crippen LogP contribution in [0.2, 0.25) is 0 Å². The highest BCUT2D eigenvalue weighted by Crippen LogP contribution is 2.12. The van der Waals surface area contributed by atoms with E-state index in [4.69, 9.17) is 10.5 Å². The van der Waals surface area contributed by atoms with Gasteiger partial charge in [0.25, 0.3) is 0 Å². The fourth-order valence-electron chi connectivity index (χ4n) is 1.43. The molecule has 1 rings (SSSR count). The van der Waals surface area contributed by atoms with Crippen LogP contribution in [0.15, 0.2) is 24.3 Å². The average Bonchev–Trinajstić information content (AvgIpc) is 2.26. The summed E-state index contributed by atoms with van der Waals surface area (Å²) in [7, 11) is -2.89. The molecule has 0 bridgehead atoms. The molecule has 0 unspecified atom stereocenters. The van der Waals surface area contributed by atoms with Gasteiger partial charge in [-0.25, -0.2) is 8.42 Å². The van der Waals surface area contributed by atoms with Crippen molar-refractivity contribution >= 4 is 9.84 Å². The van der Waals surface area contributed by atoms with Crippen LogP contribution in [0.4, 0.5) is 0 Å². The second kappa shape index (κ2) is 6.61. The second-order valence-electron chi connectivity index (χ2n) is 4.01. The third kappa shape index (κ3) is 6.28. The first kappa shape index (κ1) is 14.0. The minimum absolute atomic E-state index is 0.165. The molecule has 1 aromatic carbocycles. The van der Waals surface area contributed by atoms with Gasteiger partial charge in [-0.2, -0.15) is 0 Å². The first-order valence-electron chi connectivity index (χ1n) is 5.61. The Balaban J connectivity index is 2.32. The van der Waals surface area contributed by atoms with Crippen molar-refractivity contribution in [1.29, 1.82) is 0 Å². The predicted molar refractivity (Wildman–Crippen MR) is 69.0 cm³/mol. The molecule has 4 nitrogen and oxygen atoms in total. The molecule has 0 amide bonds. The van der Waals surface area contributed by atoms with Crippen molar-refractivity contribution in [1.82, 2.24) is 0 Å². The minimum Gasteiger partial charge on any atom is -0.494 e. The highest BCUT2D eigenvalue weighted by atomic mass is 32.2. The monoisotopic (exact) mass is 257 g/mol. The SMILES string of the molecule is CS(=O)(=O)CCCOc1ccc(CCN)cc1. The van der Waals surface area contributed by atoms with Crippen molar-refractivity contribution in [2.45, 2.75) is 12.8 Å². The maximum atomic E-state index is 10.9. The zero-order valence-corrected chi connectivity index (χ0v) is 10.9. The van der Waals surface area contributed by atoms with Gasteiger partial charge in [-0.3, -0.25) is 0 Å². The lowest BCUT2D eigenvalue weighted by Crippen LogP contribution is -2.08. The van der Waals surface area contributed by atoms with Crippen molar-refractivity contribution in [3.05, 3.63) is 29.8 Å². The van der Waals surface area contributed by atoms with Crippen molar-refractivity contribution in [2.75, 3.05) is 25.2 Å². The normalized spacial score (nSPS) is 11.4. The molecule has 0 heterocycles. The second-order valence-corrected chi connectivity index (χ2v) is 6.27. The summed E-state index contributed by atoms with van der Waals surface area (Å²) >= 11 is 0. The van der Waals surface area contributed by atoms with E-state index in [2.05, 4.69) is 0 Å². The van der Waals surface area contributed by atoms with E-state index in [9.17, 15) is 8.42 Å². The van der Waals surface area contributed by atoms with E-state index in [1.165, 1.54) is 11.8 Å². The molecular formula is C12H19NO3S. The molecule has 0 radical (unpaired) electrons. The Kier molecular flexibility index (Phi) is 5.44. The standard InChI is InChI=1S/C12H19NO3S/c1-17(14,15)10-2-9-16-12-5-3-11(4-6-12)7-8-13/h3-6H,2,7-10,13H2,1H3. The summed E-state index contributed by atoms with van der Waals surface area (Å²) in [6.45, 7) is 1.05. The van der Waals surface area contributed by atoms with Gasteiger partial charge in [0, 0.05) is 6.26 Å². The summed E-state index contributed by atoms with van der Waals surface area (Å²) in [5.41, 5.74) is 6.63. The maximum absolute atomic E-state index is 10.9. The van der Waals surface area contributed by atoms with Crippen LogP contribution in [0.25, 0.3) is 0 Å². The fourth-order valence-corrected chi connectivity index (χ4v) is 2.07. The first-order chi connectivity index (χ1) is 8.01. The summed E-state index contributed by atoms with van der Waals surface area (Å²) in [6.07, 6.45) is 2.60. The van der Waals surface area contributed by atoms with E-state index in [-0.39, 0.29) is 5.75 Å². The highest BCUT2D eigenvalue weighted by Gasteiger charge is 2.01. The molecule has 0 saturated heterocycles. The van der Waals surface area contributed by atoms with Gasteiger partial charge in [0.2, 0.25) is 0 Å². The van der Waals surface area contributed by atoms with E-state index in [1.54, 1.807) is 0 Å². The molecule has 0 saturated carbocycles. The largest absolute Gasteiger partial charge is 0.494 e. The molecule has 0 fully saturated rings. The van der Waals surface area contributed by atoms with Crippen LogP contribution in [0, 0.1) is 0 Å². The van der Waals surface area contributed by atoms with Crippen LogP contribution in [0.5, 0.6) is 5.75 Å². The number of hydrogen-bond donors (Lipinski definition) is 1. The number of sulfone groups is 1. The highest BCUT2D eigenvalue weighted by molar-refractivity contribution is 7.90. The molecule has 0 aliphatic rings. The van der Waals surface area contributed by atoms with Gasteiger partial charge in [0.1, 0.15) is 15.6 Å². The van der Waals surface area contributed by atoms with Crippen LogP contribution < -0.4 is 10.5 Å². The molecule has 1 aromatic rings. The van der Waals surface area contributed by atoms with Crippen LogP contribution >= 0.6 is 0 Å². The Hall–Kier alpha value is -1.07. The zero-order chi connectivity index (χ0) is 12.7. The van der Waals surface area contributed by atoms with Crippen molar-refractivity contribution in [3.63, 3.8) is 0 Å². The zero-order valence-electron chi connectivity index (χ0n) is 10.1. The van der Waals surface area contributed by atoms with Gasteiger partial charge in [0.15, 0.2) is 0 Å². The molecule has 17 heavy (non-hydrogen) atoms. The lowest BCUT2D eigenvalue weighted by Gasteiger charge is -2.06. The third-order valence-electron chi connectivity index (χ3n) is 2.28. The summed E-state index contributed by atoms with van der Waals surface area (Å²) in [4.78, 5) is 0. The molecule has 5 heteroatoms. The smallest absolute Gasteiger partial charge is 0.147 e. The van der Waals surface area contributed by atoms with Gasteiger partial charge in [-0.15, -0.1) is 0 Å². The van der Waals surface area contributed by atoms with E-state index in [1.807, 2.05) is 24.3 Å². The molecule has 0 atom stereocenters. The molecule has 96 valence electrons. The predicted octanol–water partition coefficient (Wildman–Crippen LogP) is 1.00. The molecule has 2 N–H and O–H groups in total. The van der Waals surface area contributed by atoms with E-state index in [0.717, 1.165) is 12.2 Å². The topological polar surface area (TPSA) is 69.4 Å². The van der Waals surface area contributed by atoms with Gasteiger partial charge >= 0.3 is 0 Å². The van der Waals surface area contributed by atoms with E-state index in [0.29, 0.717) is 19.6 Å². The summed E-state index contributed by atoms with van der Waals surface area (Å²) in [5, 5.41) is 0. The van der Waals surface area contributed by atoms with E-state index < -0.39 is 9.84 Å². The van der Waals surface area contributed by atoms with E-state index >= 15 is 0 Å². The Labute approximate surface area is 103 Å². The maximum Gasteiger partial charge on any atom is 0.147 e. The number of nitrogens with two attached hydrogens (primary N) is 1. The van der Waals surface area contributed by atoms with Gasteiger partial charge in [-0.05, 0) is 37.1 Å². The van der Waals surface area contributed by atoms with Crippen LogP contribution in [-0.4, -0.2) is 33.6 Å². The summed E-state index contributed by atoms with van der Waals surface area (Å²) in [5.74, 6) is 0.928. The van der Waals surface area contributed by atoms with Gasteiger partial charge < -0.3 is 10.5 Å². The quantitative estimate of drug-likeness (QED) is 0.740. The number of hydrogen-bond acceptors (Lipinski definition) is 4. The number of benzene rings is 1. The lowest BCUT2D eigenvalue weighted by molar-refractivity contribution is 0.317. The third-order valence-corrected chi connectivity index (χ3v) is 3.31. The summed E-state index contributed by atoms with van der Waals surface area (Å²) in [6, 6.07) is 7.70. The molecule has 0 aromatic heterocycles. The summed E-state index contributed by atoms with van der Waals surface area (Å²) < 4.78 is 27.2. The Morgan fingerprint density at radius 2 is 1.88 bits per heavy atom. The first-order valence-corrected chi connectivity index (χ1v) is 7.67. The van der Waals surface area contributed by atoms with Gasteiger partial charge in [-0.1, -0.05) is 12.1 Å². The molecule has 0 aliphatic carbocycles. The average molecular weight is 257 g/mol. The Morgan fingerprint density at radius 3 is 2.41 bits per heavy atom. The van der Waals surface area contributed by atoms with Crippen LogP contribution in [-0.2, 0) is 16.3 Å². The molecular weight excluding hydrogens is 238 g/mol. The van der Waals surface area contributed by atoms with Crippen molar-refractivity contribution in [3.8, 4) is 5.75 Å². The number of ether oxygens (including phenoxy) is 1. The van der Waals surface area contributed by atoms with Crippen LogP contribution in [0.1, 0.15) is 12.0 Å². The molecule has 0 spiro atoms. The minimum atomic E-state index is -2.89. The van der Waals surface area contributed by atoms with Crippen molar-refractivity contribution < 1.29 is 13.2 Å². The Bertz CT molecular complexity index is 426.